The van der Waals surface area contributed by atoms with Gasteiger partial charge in [-0.25, -0.2) is 9.78 Å². The van der Waals surface area contributed by atoms with E-state index < -0.39 is 0 Å². The van der Waals surface area contributed by atoms with E-state index in [0.717, 1.165) is 5.92 Å². The summed E-state index contributed by atoms with van der Waals surface area (Å²) < 4.78 is 0. The summed E-state index contributed by atoms with van der Waals surface area (Å²) in [4.78, 5) is 11.1. The maximum absolute atomic E-state index is 5.66. The van der Waals surface area contributed by atoms with Gasteiger partial charge < -0.3 is 0 Å². The second kappa shape index (κ2) is 6.61. The summed E-state index contributed by atoms with van der Waals surface area (Å²) in [6.45, 7) is 8.37. The van der Waals surface area contributed by atoms with Gasteiger partial charge in [-0.1, -0.05) is 32.6 Å². The van der Waals surface area contributed by atoms with E-state index in [9.17, 15) is 0 Å². The molecule has 0 aliphatic heterocycles. The SMILES string of the molecule is CCCCC1CCCCC1OOC(C)(C)C. The Morgan fingerprint density at radius 2 is 1.81 bits per heavy atom. The largest absolute Gasteiger partial charge is 0.233 e. The molecule has 16 heavy (non-hydrogen) atoms. The number of hydrogen-bond acceptors (Lipinski definition) is 2. The van der Waals surface area contributed by atoms with E-state index in [0.29, 0.717) is 6.10 Å². The molecule has 0 aromatic heterocycles. The lowest BCUT2D eigenvalue weighted by Crippen LogP contribution is -2.31. The molecule has 0 saturated heterocycles. The first-order valence-corrected chi connectivity index (χ1v) is 6.87. The fraction of sp³-hybridized carbons (Fsp3) is 1.00. The molecule has 1 rings (SSSR count). The van der Waals surface area contributed by atoms with Crippen molar-refractivity contribution in [3.05, 3.63) is 0 Å². The van der Waals surface area contributed by atoms with Crippen molar-refractivity contribution in [1.82, 2.24) is 0 Å². The Hall–Kier alpha value is -0.0800. The number of rotatable bonds is 5. The van der Waals surface area contributed by atoms with E-state index in [1.807, 2.05) is 20.8 Å². The molecule has 1 aliphatic carbocycles. The fourth-order valence-electron chi connectivity index (χ4n) is 2.30. The molecule has 2 heteroatoms. The highest BCUT2D eigenvalue weighted by molar-refractivity contribution is 4.75. The van der Waals surface area contributed by atoms with Gasteiger partial charge in [-0.15, -0.1) is 0 Å². The summed E-state index contributed by atoms with van der Waals surface area (Å²) >= 11 is 0. The van der Waals surface area contributed by atoms with Gasteiger partial charge >= 0.3 is 0 Å². The first-order valence-electron chi connectivity index (χ1n) is 6.87. The molecular formula is C14H28O2. The molecule has 0 spiro atoms. The van der Waals surface area contributed by atoms with Crippen molar-refractivity contribution in [2.75, 3.05) is 0 Å². The topological polar surface area (TPSA) is 18.5 Å². The van der Waals surface area contributed by atoms with Crippen LogP contribution in [0.2, 0.25) is 0 Å². The zero-order valence-corrected chi connectivity index (χ0v) is 11.4. The van der Waals surface area contributed by atoms with E-state index in [1.54, 1.807) is 0 Å². The minimum Gasteiger partial charge on any atom is -0.233 e. The number of hydrogen-bond donors (Lipinski definition) is 0. The van der Waals surface area contributed by atoms with Crippen molar-refractivity contribution in [3.63, 3.8) is 0 Å². The molecule has 2 nitrogen and oxygen atoms in total. The summed E-state index contributed by atoms with van der Waals surface area (Å²) in [6.07, 6.45) is 9.38. The molecule has 1 aliphatic rings. The molecule has 0 N–H and O–H groups in total. The lowest BCUT2D eigenvalue weighted by atomic mass is 9.83. The summed E-state index contributed by atoms with van der Waals surface area (Å²) in [7, 11) is 0. The standard InChI is InChI=1S/C14H28O2/c1-5-6-9-12-10-7-8-11-13(12)15-16-14(2,3)4/h12-13H,5-11H2,1-4H3. The lowest BCUT2D eigenvalue weighted by molar-refractivity contribution is -0.383. The maximum Gasteiger partial charge on any atom is 0.0958 e. The summed E-state index contributed by atoms with van der Waals surface area (Å²) in [5, 5.41) is 0. The monoisotopic (exact) mass is 228 g/mol. The molecule has 96 valence electrons. The second-order valence-electron chi connectivity index (χ2n) is 6.02. The van der Waals surface area contributed by atoms with E-state index in [2.05, 4.69) is 6.92 Å². The normalized spacial score (nSPS) is 27.0. The Labute approximate surface area is 101 Å². The van der Waals surface area contributed by atoms with Crippen LogP contribution in [0.3, 0.4) is 0 Å². The molecule has 0 heterocycles. The molecular weight excluding hydrogens is 200 g/mol. The fourth-order valence-corrected chi connectivity index (χ4v) is 2.30. The summed E-state index contributed by atoms with van der Waals surface area (Å²) in [5.74, 6) is 0.719. The Kier molecular flexibility index (Phi) is 5.77. The second-order valence-corrected chi connectivity index (χ2v) is 6.02. The van der Waals surface area contributed by atoms with Gasteiger partial charge in [-0.2, -0.15) is 0 Å². The quantitative estimate of drug-likeness (QED) is 0.510. The van der Waals surface area contributed by atoms with Crippen molar-refractivity contribution in [3.8, 4) is 0 Å². The van der Waals surface area contributed by atoms with Crippen LogP contribution in [-0.2, 0) is 9.78 Å². The van der Waals surface area contributed by atoms with Gasteiger partial charge in [0.15, 0.2) is 0 Å². The van der Waals surface area contributed by atoms with Gasteiger partial charge in [0.25, 0.3) is 0 Å². The first kappa shape index (κ1) is 14.0. The molecule has 0 bridgehead atoms. The first-order chi connectivity index (χ1) is 7.53. The van der Waals surface area contributed by atoms with Gasteiger partial charge in [0.05, 0.1) is 11.7 Å². The Morgan fingerprint density at radius 1 is 1.12 bits per heavy atom. The van der Waals surface area contributed by atoms with Gasteiger partial charge in [-0.3, -0.25) is 0 Å². The molecule has 1 saturated carbocycles. The smallest absolute Gasteiger partial charge is 0.0958 e. The van der Waals surface area contributed by atoms with Gasteiger partial charge in [-0.05, 0) is 46.0 Å². The molecule has 0 amide bonds. The molecule has 2 unspecified atom stereocenters. The number of unbranched alkanes of at least 4 members (excludes halogenated alkanes) is 1. The van der Waals surface area contributed by atoms with E-state index >= 15 is 0 Å². The van der Waals surface area contributed by atoms with Crippen LogP contribution in [0.4, 0.5) is 0 Å². The average molecular weight is 228 g/mol. The third-order valence-electron chi connectivity index (χ3n) is 3.19. The third kappa shape index (κ3) is 5.31. The molecule has 0 aromatic carbocycles. The summed E-state index contributed by atoms with van der Waals surface area (Å²) in [5.41, 5.74) is -0.188. The Balaban J connectivity index is 2.34. The van der Waals surface area contributed by atoms with Crippen molar-refractivity contribution in [2.45, 2.75) is 84.3 Å². The van der Waals surface area contributed by atoms with Crippen LogP contribution in [0.5, 0.6) is 0 Å². The third-order valence-corrected chi connectivity index (χ3v) is 3.19. The van der Waals surface area contributed by atoms with Gasteiger partial charge in [0.2, 0.25) is 0 Å². The van der Waals surface area contributed by atoms with Gasteiger partial charge in [0, 0.05) is 0 Å². The van der Waals surface area contributed by atoms with Crippen LogP contribution in [0, 0.1) is 5.92 Å². The van der Waals surface area contributed by atoms with Crippen molar-refractivity contribution < 1.29 is 9.78 Å². The average Bonchev–Trinajstić information content (AvgIpc) is 2.23. The van der Waals surface area contributed by atoms with Crippen molar-refractivity contribution in [1.29, 1.82) is 0 Å². The van der Waals surface area contributed by atoms with Gasteiger partial charge in [0.1, 0.15) is 0 Å². The van der Waals surface area contributed by atoms with Crippen molar-refractivity contribution in [2.24, 2.45) is 5.92 Å². The van der Waals surface area contributed by atoms with Crippen LogP contribution < -0.4 is 0 Å². The zero-order valence-electron chi connectivity index (χ0n) is 11.4. The highest BCUT2D eigenvalue weighted by Gasteiger charge is 2.27. The maximum atomic E-state index is 5.66. The van der Waals surface area contributed by atoms with E-state index in [1.165, 1.54) is 44.9 Å². The molecule has 2 atom stereocenters. The molecule has 0 aromatic rings. The van der Waals surface area contributed by atoms with Crippen LogP contribution in [0.1, 0.15) is 72.6 Å². The highest BCUT2D eigenvalue weighted by atomic mass is 17.2. The highest BCUT2D eigenvalue weighted by Crippen LogP contribution is 2.31. The molecule has 1 fully saturated rings. The Bertz CT molecular complexity index is 184. The van der Waals surface area contributed by atoms with E-state index in [4.69, 9.17) is 9.78 Å². The van der Waals surface area contributed by atoms with Crippen LogP contribution >= 0.6 is 0 Å². The van der Waals surface area contributed by atoms with Crippen LogP contribution in [0.25, 0.3) is 0 Å². The predicted octanol–water partition coefficient (Wildman–Crippen LogP) is 4.48. The lowest BCUT2D eigenvalue weighted by Gasteiger charge is -2.32. The van der Waals surface area contributed by atoms with Crippen molar-refractivity contribution >= 4 is 0 Å². The van der Waals surface area contributed by atoms with Crippen LogP contribution in [-0.4, -0.2) is 11.7 Å². The predicted molar refractivity (Wildman–Crippen MR) is 67.2 cm³/mol. The van der Waals surface area contributed by atoms with E-state index in [-0.39, 0.29) is 5.60 Å². The zero-order chi connectivity index (χ0) is 12.0. The summed E-state index contributed by atoms with van der Waals surface area (Å²) in [6, 6.07) is 0. The molecule has 0 radical (unpaired) electrons. The minimum absolute atomic E-state index is 0.188. The van der Waals surface area contributed by atoms with Crippen LogP contribution in [0.15, 0.2) is 0 Å². The minimum atomic E-state index is -0.188. The Morgan fingerprint density at radius 3 is 2.44 bits per heavy atom.